The zero-order chi connectivity index (χ0) is 14.6. The van der Waals surface area contributed by atoms with Crippen LogP contribution in [0.15, 0.2) is 0 Å². The third-order valence-electron chi connectivity index (χ3n) is 2.77. The lowest BCUT2D eigenvalue weighted by Gasteiger charge is -2.39. The number of rotatable bonds is 1. The third-order valence-corrected chi connectivity index (χ3v) is 2.77. The van der Waals surface area contributed by atoms with Crippen LogP contribution in [0.2, 0.25) is 0 Å². The largest absolute Gasteiger partial charge is 0.490 e. The van der Waals surface area contributed by atoms with Gasteiger partial charge in [-0.15, -0.1) is 0 Å². The van der Waals surface area contributed by atoms with E-state index in [9.17, 15) is 22.8 Å². The molecule has 2 N–H and O–H groups in total. The maximum absolute atomic E-state index is 11.0. The van der Waals surface area contributed by atoms with Crippen LogP contribution in [0, 0.1) is 0 Å². The maximum atomic E-state index is 11.0. The van der Waals surface area contributed by atoms with Crippen LogP contribution in [0.3, 0.4) is 0 Å². The average Bonchev–Trinajstić information content (AvgIpc) is 2.11. The number of likely N-dealkylation sites (tertiary alicyclic amines) is 1. The predicted molar refractivity (Wildman–Crippen MR) is 56.1 cm³/mol. The van der Waals surface area contributed by atoms with E-state index in [1.807, 2.05) is 0 Å². The molecule has 2 aliphatic heterocycles. The molecule has 2 aliphatic rings. The molecule has 2 amide bonds. The molecule has 0 spiro atoms. The van der Waals surface area contributed by atoms with Crippen molar-refractivity contribution >= 4 is 17.8 Å². The quantitative estimate of drug-likeness (QED) is 0.668. The Morgan fingerprint density at radius 1 is 1.21 bits per heavy atom. The van der Waals surface area contributed by atoms with Gasteiger partial charge in [0, 0.05) is 18.9 Å². The number of nitrogens with one attached hydrogen (secondary N) is 1. The number of imide groups is 1. The van der Waals surface area contributed by atoms with Crippen molar-refractivity contribution in [2.24, 2.45) is 0 Å². The molecule has 2 saturated heterocycles. The van der Waals surface area contributed by atoms with Crippen LogP contribution in [0.25, 0.3) is 0 Å². The number of aliphatic carboxylic acids is 1. The molecule has 0 radical (unpaired) electrons. The standard InChI is InChI=1S/C8H12N2O2.C2HF3O2/c11-7-4-6(5-8(12)9-7)10-2-1-3-10;3-2(4,5)1(6)7/h6H,1-5H2,(H,9,11,12);(H,6,7). The lowest BCUT2D eigenvalue weighted by molar-refractivity contribution is -0.192. The van der Waals surface area contributed by atoms with Gasteiger partial charge in [-0.3, -0.25) is 19.8 Å². The summed E-state index contributed by atoms with van der Waals surface area (Å²) in [6.45, 7) is 2.09. The molecule has 2 rings (SSSR count). The maximum Gasteiger partial charge on any atom is 0.490 e. The van der Waals surface area contributed by atoms with Crippen LogP contribution in [0.1, 0.15) is 19.3 Å². The molecule has 6 nitrogen and oxygen atoms in total. The molecule has 2 fully saturated rings. The molecular formula is C10H13F3N2O4. The van der Waals surface area contributed by atoms with Gasteiger partial charge in [-0.2, -0.15) is 13.2 Å². The molecule has 0 aromatic rings. The van der Waals surface area contributed by atoms with Gasteiger partial charge in [0.2, 0.25) is 11.8 Å². The number of carboxylic acids is 1. The number of alkyl halides is 3. The van der Waals surface area contributed by atoms with Crippen LogP contribution >= 0.6 is 0 Å². The van der Waals surface area contributed by atoms with Crippen LogP contribution in [-0.2, 0) is 14.4 Å². The Hall–Kier alpha value is -1.64. The normalized spacial score (nSPS) is 21.0. The highest BCUT2D eigenvalue weighted by molar-refractivity contribution is 5.98. The van der Waals surface area contributed by atoms with Crippen LogP contribution < -0.4 is 5.32 Å². The molecule has 108 valence electrons. The molecule has 0 aromatic carbocycles. The second-order valence-corrected chi connectivity index (χ2v) is 4.23. The van der Waals surface area contributed by atoms with Gasteiger partial charge in [-0.05, 0) is 19.5 Å². The van der Waals surface area contributed by atoms with Gasteiger partial charge in [0.05, 0.1) is 0 Å². The summed E-state index contributed by atoms with van der Waals surface area (Å²) in [6.07, 6.45) is -2.90. The van der Waals surface area contributed by atoms with Gasteiger partial charge >= 0.3 is 12.1 Å². The van der Waals surface area contributed by atoms with Crippen LogP contribution in [-0.4, -0.2) is 53.1 Å². The first kappa shape index (κ1) is 15.4. The van der Waals surface area contributed by atoms with Crippen molar-refractivity contribution in [2.75, 3.05) is 13.1 Å². The van der Waals surface area contributed by atoms with E-state index >= 15 is 0 Å². The van der Waals surface area contributed by atoms with E-state index in [1.54, 1.807) is 0 Å². The number of carbonyl (C=O) groups excluding carboxylic acids is 2. The van der Waals surface area contributed by atoms with Crippen molar-refractivity contribution in [3.63, 3.8) is 0 Å². The lowest BCUT2D eigenvalue weighted by Crippen LogP contribution is -2.52. The number of hydrogen-bond donors (Lipinski definition) is 2. The Bertz CT molecular complexity index is 363. The van der Waals surface area contributed by atoms with Gasteiger partial charge in [-0.1, -0.05) is 0 Å². The summed E-state index contributed by atoms with van der Waals surface area (Å²) in [7, 11) is 0. The Kier molecular flexibility index (Phi) is 4.87. The Morgan fingerprint density at radius 2 is 1.63 bits per heavy atom. The van der Waals surface area contributed by atoms with Gasteiger partial charge in [0.1, 0.15) is 0 Å². The highest BCUT2D eigenvalue weighted by atomic mass is 19.4. The number of piperidine rings is 1. The number of hydrogen-bond acceptors (Lipinski definition) is 4. The molecule has 0 saturated carbocycles. The number of nitrogens with zero attached hydrogens (tertiary/aromatic N) is 1. The molecular weight excluding hydrogens is 269 g/mol. The van der Waals surface area contributed by atoms with E-state index in [2.05, 4.69) is 10.2 Å². The minimum Gasteiger partial charge on any atom is -0.475 e. The van der Waals surface area contributed by atoms with Crippen molar-refractivity contribution < 1.29 is 32.7 Å². The summed E-state index contributed by atoms with van der Waals surface area (Å²) in [5, 5.41) is 9.43. The molecule has 0 bridgehead atoms. The minimum atomic E-state index is -5.08. The fourth-order valence-electron chi connectivity index (χ4n) is 1.72. The molecule has 0 unspecified atom stereocenters. The van der Waals surface area contributed by atoms with Crippen LogP contribution in [0.5, 0.6) is 0 Å². The highest BCUT2D eigenvalue weighted by Crippen LogP contribution is 2.18. The monoisotopic (exact) mass is 282 g/mol. The summed E-state index contributed by atoms with van der Waals surface area (Å²) in [6, 6.07) is 0.181. The van der Waals surface area contributed by atoms with Crippen molar-refractivity contribution in [3.05, 3.63) is 0 Å². The highest BCUT2D eigenvalue weighted by Gasteiger charge is 2.38. The SMILES string of the molecule is O=C(O)C(F)(F)F.O=C1CC(N2CCC2)CC(=O)N1. The Morgan fingerprint density at radius 3 is 1.89 bits per heavy atom. The van der Waals surface area contributed by atoms with Gasteiger partial charge in [0.15, 0.2) is 0 Å². The fraction of sp³-hybridized carbons (Fsp3) is 0.700. The topological polar surface area (TPSA) is 86.7 Å². The summed E-state index contributed by atoms with van der Waals surface area (Å²) < 4.78 is 31.7. The molecule has 9 heteroatoms. The minimum absolute atomic E-state index is 0.122. The predicted octanol–water partition coefficient (Wildman–Crippen LogP) is 0.131. The summed E-state index contributed by atoms with van der Waals surface area (Å²) in [5.41, 5.74) is 0. The first-order valence-corrected chi connectivity index (χ1v) is 5.57. The van der Waals surface area contributed by atoms with E-state index in [1.165, 1.54) is 6.42 Å². The number of halogens is 3. The first-order chi connectivity index (χ1) is 8.70. The molecule has 0 atom stereocenters. The van der Waals surface area contributed by atoms with Gasteiger partial charge in [0.25, 0.3) is 0 Å². The van der Waals surface area contributed by atoms with Gasteiger partial charge < -0.3 is 5.11 Å². The zero-order valence-corrected chi connectivity index (χ0v) is 9.87. The fourth-order valence-corrected chi connectivity index (χ4v) is 1.72. The van der Waals surface area contributed by atoms with E-state index in [0.717, 1.165) is 13.1 Å². The molecule has 0 aliphatic carbocycles. The average molecular weight is 282 g/mol. The van der Waals surface area contributed by atoms with E-state index in [-0.39, 0.29) is 17.9 Å². The molecule has 0 aromatic heterocycles. The molecule has 2 heterocycles. The zero-order valence-electron chi connectivity index (χ0n) is 9.87. The lowest BCUT2D eigenvalue weighted by atomic mass is 10.00. The Labute approximate surface area is 106 Å². The van der Waals surface area contributed by atoms with Crippen molar-refractivity contribution in [1.82, 2.24) is 10.2 Å². The Balaban J connectivity index is 0.000000224. The van der Waals surface area contributed by atoms with Crippen molar-refractivity contribution in [1.29, 1.82) is 0 Å². The number of carboxylic acid groups (broad SMARTS) is 1. The first-order valence-electron chi connectivity index (χ1n) is 5.57. The smallest absolute Gasteiger partial charge is 0.475 e. The second-order valence-electron chi connectivity index (χ2n) is 4.23. The summed E-state index contributed by atoms with van der Waals surface area (Å²) in [4.78, 5) is 33.0. The van der Waals surface area contributed by atoms with E-state index in [4.69, 9.17) is 9.90 Å². The molecule has 19 heavy (non-hydrogen) atoms. The second kappa shape index (κ2) is 6.00. The van der Waals surface area contributed by atoms with Crippen molar-refractivity contribution in [2.45, 2.75) is 31.5 Å². The number of carbonyl (C=O) groups is 3. The van der Waals surface area contributed by atoms with Crippen molar-refractivity contribution in [3.8, 4) is 0 Å². The van der Waals surface area contributed by atoms with E-state index in [0.29, 0.717) is 12.8 Å². The summed E-state index contributed by atoms with van der Waals surface area (Å²) >= 11 is 0. The third kappa shape index (κ3) is 4.86. The van der Waals surface area contributed by atoms with Gasteiger partial charge in [-0.25, -0.2) is 4.79 Å². The van der Waals surface area contributed by atoms with E-state index < -0.39 is 12.1 Å². The van der Waals surface area contributed by atoms with Crippen LogP contribution in [0.4, 0.5) is 13.2 Å². The summed E-state index contributed by atoms with van der Waals surface area (Å²) in [5.74, 6) is -3.00. The number of amides is 2.